The SMILES string of the molecule is CCOc1cccc(-c2cc(F)cc3cc(C(=O)NCc4cccc(F)c4)[nH]c23)c1. The number of aromatic nitrogens is 1. The molecule has 3 aromatic carbocycles. The van der Waals surface area contributed by atoms with Gasteiger partial charge in [-0.15, -0.1) is 0 Å². The molecule has 6 heteroatoms. The first-order valence-corrected chi connectivity index (χ1v) is 9.61. The van der Waals surface area contributed by atoms with Gasteiger partial charge >= 0.3 is 0 Å². The molecular weight excluding hydrogens is 386 g/mol. The summed E-state index contributed by atoms with van der Waals surface area (Å²) in [7, 11) is 0. The van der Waals surface area contributed by atoms with Crippen LogP contribution >= 0.6 is 0 Å². The van der Waals surface area contributed by atoms with E-state index in [2.05, 4.69) is 10.3 Å². The first-order valence-electron chi connectivity index (χ1n) is 9.61. The lowest BCUT2D eigenvalue weighted by molar-refractivity contribution is 0.0946. The molecule has 4 aromatic rings. The van der Waals surface area contributed by atoms with E-state index < -0.39 is 5.82 Å². The standard InChI is InChI=1S/C24H20F2N2O2/c1-2-30-20-8-4-6-16(11-20)21-13-19(26)10-17-12-22(28-23(17)21)24(29)27-14-15-5-3-7-18(25)9-15/h3-13,28H,2,14H2,1H3,(H,27,29). The van der Waals surface area contributed by atoms with Crippen LogP contribution in [-0.4, -0.2) is 17.5 Å². The lowest BCUT2D eigenvalue weighted by atomic mass is 10.0. The molecule has 0 bridgehead atoms. The molecule has 0 spiro atoms. The molecule has 0 aliphatic carbocycles. The van der Waals surface area contributed by atoms with Crippen LogP contribution in [0.3, 0.4) is 0 Å². The van der Waals surface area contributed by atoms with E-state index in [9.17, 15) is 13.6 Å². The minimum absolute atomic E-state index is 0.184. The second-order valence-electron chi connectivity index (χ2n) is 6.87. The zero-order valence-electron chi connectivity index (χ0n) is 16.3. The summed E-state index contributed by atoms with van der Waals surface area (Å²) in [5.74, 6) is -0.427. The number of carbonyl (C=O) groups is 1. The molecule has 4 rings (SSSR count). The highest BCUT2D eigenvalue weighted by molar-refractivity contribution is 6.02. The Kier molecular flexibility index (Phi) is 5.48. The van der Waals surface area contributed by atoms with Crippen LogP contribution in [0.1, 0.15) is 23.0 Å². The smallest absolute Gasteiger partial charge is 0.267 e. The molecule has 1 aromatic heterocycles. The van der Waals surface area contributed by atoms with E-state index >= 15 is 0 Å². The molecule has 152 valence electrons. The molecule has 30 heavy (non-hydrogen) atoms. The zero-order chi connectivity index (χ0) is 21.1. The second kappa shape index (κ2) is 8.37. The topological polar surface area (TPSA) is 54.1 Å². The number of amides is 1. The quantitative estimate of drug-likeness (QED) is 0.448. The molecule has 0 aliphatic heterocycles. The number of hydrogen-bond donors (Lipinski definition) is 2. The van der Waals surface area contributed by atoms with Crippen molar-refractivity contribution in [1.82, 2.24) is 10.3 Å². The monoisotopic (exact) mass is 406 g/mol. The van der Waals surface area contributed by atoms with Crippen molar-refractivity contribution in [3.63, 3.8) is 0 Å². The van der Waals surface area contributed by atoms with Gasteiger partial charge in [-0.05, 0) is 60.5 Å². The highest BCUT2D eigenvalue weighted by Gasteiger charge is 2.14. The average Bonchev–Trinajstić information content (AvgIpc) is 3.16. The third-order valence-electron chi connectivity index (χ3n) is 4.74. The van der Waals surface area contributed by atoms with Crippen LogP contribution in [0.5, 0.6) is 5.75 Å². The summed E-state index contributed by atoms with van der Waals surface area (Å²) in [4.78, 5) is 15.7. The van der Waals surface area contributed by atoms with Crippen molar-refractivity contribution in [2.24, 2.45) is 0 Å². The number of aromatic amines is 1. The Morgan fingerprint density at radius 1 is 1.00 bits per heavy atom. The Morgan fingerprint density at radius 2 is 1.83 bits per heavy atom. The lowest BCUT2D eigenvalue weighted by Crippen LogP contribution is -2.23. The minimum Gasteiger partial charge on any atom is -0.494 e. The predicted octanol–water partition coefficient (Wildman–Crippen LogP) is 5.44. The summed E-state index contributed by atoms with van der Waals surface area (Å²) in [5, 5.41) is 3.34. The maximum atomic E-state index is 14.3. The number of rotatable bonds is 6. The molecule has 0 fully saturated rings. The molecule has 1 heterocycles. The predicted molar refractivity (Wildman–Crippen MR) is 112 cm³/mol. The van der Waals surface area contributed by atoms with Crippen LogP contribution in [0, 0.1) is 11.6 Å². The largest absolute Gasteiger partial charge is 0.494 e. The van der Waals surface area contributed by atoms with Crippen molar-refractivity contribution in [2.75, 3.05) is 6.61 Å². The van der Waals surface area contributed by atoms with Crippen LogP contribution in [0.15, 0.2) is 66.7 Å². The van der Waals surface area contributed by atoms with Gasteiger partial charge in [-0.2, -0.15) is 0 Å². The number of ether oxygens (including phenoxy) is 1. The summed E-state index contributed by atoms with van der Waals surface area (Å²) < 4.78 is 33.1. The van der Waals surface area contributed by atoms with Crippen molar-refractivity contribution in [3.8, 4) is 16.9 Å². The number of nitrogens with one attached hydrogen (secondary N) is 2. The Morgan fingerprint density at radius 3 is 2.63 bits per heavy atom. The fraction of sp³-hybridized carbons (Fsp3) is 0.125. The highest BCUT2D eigenvalue weighted by atomic mass is 19.1. The van der Waals surface area contributed by atoms with Crippen molar-refractivity contribution >= 4 is 16.8 Å². The lowest BCUT2D eigenvalue weighted by Gasteiger charge is -2.08. The van der Waals surface area contributed by atoms with Gasteiger partial charge in [0.05, 0.1) is 12.1 Å². The Hall–Kier alpha value is -3.67. The van der Waals surface area contributed by atoms with Gasteiger partial charge in [0.1, 0.15) is 23.1 Å². The molecule has 0 aliphatic rings. The van der Waals surface area contributed by atoms with Crippen molar-refractivity contribution in [1.29, 1.82) is 0 Å². The van der Waals surface area contributed by atoms with E-state index in [-0.39, 0.29) is 18.3 Å². The maximum Gasteiger partial charge on any atom is 0.267 e. The maximum absolute atomic E-state index is 14.3. The summed E-state index contributed by atoms with van der Waals surface area (Å²) in [6.07, 6.45) is 0. The number of H-pyrrole nitrogens is 1. The van der Waals surface area contributed by atoms with Gasteiger partial charge in [0.2, 0.25) is 0 Å². The number of halogens is 2. The number of benzene rings is 3. The molecule has 0 saturated heterocycles. The van der Waals surface area contributed by atoms with Gasteiger partial charge in [-0.1, -0.05) is 24.3 Å². The first kappa shape index (κ1) is 19.6. The number of hydrogen-bond acceptors (Lipinski definition) is 2. The van der Waals surface area contributed by atoms with Crippen LogP contribution in [0.2, 0.25) is 0 Å². The average molecular weight is 406 g/mol. The van der Waals surface area contributed by atoms with Crippen LogP contribution in [0.4, 0.5) is 8.78 Å². The van der Waals surface area contributed by atoms with E-state index in [0.717, 1.165) is 5.56 Å². The minimum atomic E-state index is -0.398. The summed E-state index contributed by atoms with van der Waals surface area (Å²) in [5.41, 5.74) is 3.02. The number of carbonyl (C=O) groups excluding carboxylic acids is 1. The normalized spacial score (nSPS) is 10.9. The Bertz CT molecular complexity index is 1220. The van der Waals surface area contributed by atoms with Gasteiger partial charge in [0, 0.05) is 17.5 Å². The molecular formula is C24H20F2N2O2. The first-order chi connectivity index (χ1) is 14.5. The van der Waals surface area contributed by atoms with E-state index in [1.165, 1.54) is 24.3 Å². The van der Waals surface area contributed by atoms with Crippen LogP contribution in [-0.2, 0) is 6.54 Å². The third kappa shape index (κ3) is 4.17. The molecule has 0 atom stereocenters. The third-order valence-corrected chi connectivity index (χ3v) is 4.74. The van der Waals surface area contributed by atoms with E-state index in [0.29, 0.717) is 40.1 Å². The molecule has 2 N–H and O–H groups in total. The van der Waals surface area contributed by atoms with Gasteiger partial charge in [-0.25, -0.2) is 8.78 Å². The van der Waals surface area contributed by atoms with Gasteiger partial charge in [0.15, 0.2) is 0 Å². The Labute approximate surface area is 172 Å². The summed E-state index contributed by atoms with van der Waals surface area (Å²) in [6, 6.07) is 17.8. The summed E-state index contributed by atoms with van der Waals surface area (Å²) >= 11 is 0. The molecule has 0 radical (unpaired) electrons. The molecule has 0 unspecified atom stereocenters. The fourth-order valence-corrected chi connectivity index (χ4v) is 3.40. The summed E-state index contributed by atoms with van der Waals surface area (Å²) in [6.45, 7) is 2.61. The number of fused-ring (bicyclic) bond motifs is 1. The van der Waals surface area contributed by atoms with E-state index in [1.54, 1.807) is 18.2 Å². The van der Waals surface area contributed by atoms with Crippen molar-refractivity contribution in [3.05, 3.63) is 89.6 Å². The fourth-order valence-electron chi connectivity index (χ4n) is 3.40. The van der Waals surface area contributed by atoms with Gasteiger partial charge < -0.3 is 15.0 Å². The van der Waals surface area contributed by atoms with Gasteiger partial charge in [-0.3, -0.25) is 4.79 Å². The highest BCUT2D eigenvalue weighted by Crippen LogP contribution is 2.32. The van der Waals surface area contributed by atoms with Crippen molar-refractivity contribution < 1.29 is 18.3 Å². The van der Waals surface area contributed by atoms with Crippen LogP contribution < -0.4 is 10.1 Å². The molecule has 0 saturated carbocycles. The van der Waals surface area contributed by atoms with Crippen molar-refractivity contribution in [2.45, 2.75) is 13.5 Å². The second-order valence-corrected chi connectivity index (χ2v) is 6.87. The van der Waals surface area contributed by atoms with E-state index in [4.69, 9.17) is 4.74 Å². The molecule has 4 nitrogen and oxygen atoms in total. The van der Waals surface area contributed by atoms with Gasteiger partial charge in [0.25, 0.3) is 5.91 Å². The van der Waals surface area contributed by atoms with Crippen LogP contribution in [0.25, 0.3) is 22.0 Å². The molecule has 1 amide bonds. The van der Waals surface area contributed by atoms with E-state index in [1.807, 2.05) is 31.2 Å². The Balaban J connectivity index is 1.64. The zero-order valence-corrected chi connectivity index (χ0v) is 16.3.